The first-order valence-corrected chi connectivity index (χ1v) is 9.68. The smallest absolute Gasteiger partial charge is 0.262 e. The fraction of sp³-hybridized carbons (Fsp3) is 0.211. The van der Waals surface area contributed by atoms with Crippen molar-refractivity contribution in [1.29, 1.82) is 0 Å². The molecule has 3 heterocycles. The maximum absolute atomic E-state index is 12.0. The van der Waals surface area contributed by atoms with Gasteiger partial charge in [-0.3, -0.25) is 4.79 Å². The first-order chi connectivity index (χ1) is 13.0. The van der Waals surface area contributed by atoms with E-state index in [4.69, 9.17) is 22.1 Å². The minimum Gasteiger partial charge on any atom is -0.484 e. The lowest BCUT2D eigenvalue weighted by atomic mass is 10.1. The fourth-order valence-corrected chi connectivity index (χ4v) is 4.23. The molecule has 2 N–H and O–H groups in total. The van der Waals surface area contributed by atoms with E-state index in [1.165, 1.54) is 11.3 Å². The molecule has 1 unspecified atom stereocenters. The molecule has 1 aliphatic rings. The zero-order chi connectivity index (χ0) is 19.0. The van der Waals surface area contributed by atoms with Crippen LogP contribution in [-0.2, 0) is 6.42 Å². The number of amides is 1. The Morgan fingerprint density at radius 3 is 3.00 bits per heavy atom. The Hall–Kier alpha value is -2.64. The number of ether oxygens (including phenoxy) is 1. The number of carbonyl (C=O) groups is 1. The van der Waals surface area contributed by atoms with E-state index in [1.54, 1.807) is 16.9 Å². The average Bonchev–Trinajstić information content (AvgIpc) is 3.26. The number of aryl methyl sites for hydroxylation is 1. The highest BCUT2D eigenvalue weighted by atomic mass is 35.5. The molecule has 0 saturated carbocycles. The summed E-state index contributed by atoms with van der Waals surface area (Å²) in [7, 11) is 0. The Balaban J connectivity index is 1.70. The van der Waals surface area contributed by atoms with E-state index in [-0.39, 0.29) is 6.10 Å². The minimum absolute atomic E-state index is 0.336. The van der Waals surface area contributed by atoms with Gasteiger partial charge in [0, 0.05) is 29.3 Å². The van der Waals surface area contributed by atoms with Crippen LogP contribution < -0.4 is 10.5 Å². The standard InChI is InChI=1S/C19H17ClN4O2S/c1-11(12-5-2-3-6-13(12)20)26-15-9-16(27-18(15)19(21)25)14-10-22-17-7-4-8-23-24(14)17/h2-3,5-6,8-11H,4,7H2,1H3,(H2,21,25). The SMILES string of the molecule is CC(Oc1cc(-c2cnc3n2N=CCC3)sc1C(N)=O)c1ccccc1Cl. The molecule has 0 aliphatic carbocycles. The molecule has 0 fully saturated rings. The average molecular weight is 401 g/mol. The van der Waals surface area contributed by atoms with Crippen molar-refractivity contribution < 1.29 is 9.53 Å². The molecule has 8 heteroatoms. The molecule has 0 bridgehead atoms. The van der Waals surface area contributed by atoms with E-state index in [0.29, 0.717) is 15.6 Å². The van der Waals surface area contributed by atoms with E-state index >= 15 is 0 Å². The molecule has 27 heavy (non-hydrogen) atoms. The van der Waals surface area contributed by atoms with Gasteiger partial charge in [0.2, 0.25) is 0 Å². The van der Waals surface area contributed by atoms with Crippen molar-refractivity contribution in [2.45, 2.75) is 25.9 Å². The normalized spacial score (nSPS) is 14.0. The third-order valence-corrected chi connectivity index (χ3v) is 5.82. The van der Waals surface area contributed by atoms with Crippen molar-refractivity contribution in [3.05, 3.63) is 57.8 Å². The lowest BCUT2D eigenvalue weighted by Crippen LogP contribution is -2.12. The number of primary amides is 1. The number of fused-ring (bicyclic) bond motifs is 1. The van der Waals surface area contributed by atoms with Crippen LogP contribution in [-0.4, -0.2) is 21.8 Å². The second-order valence-corrected chi connectivity index (χ2v) is 7.62. The van der Waals surface area contributed by atoms with Crippen LogP contribution in [0.3, 0.4) is 0 Å². The zero-order valence-electron chi connectivity index (χ0n) is 14.6. The lowest BCUT2D eigenvalue weighted by Gasteiger charge is -2.16. The summed E-state index contributed by atoms with van der Waals surface area (Å²) in [5.41, 5.74) is 7.23. The molecule has 0 saturated heterocycles. The van der Waals surface area contributed by atoms with Gasteiger partial charge in [-0.2, -0.15) is 5.10 Å². The number of thiophene rings is 1. The third-order valence-electron chi connectivity index (χ3n) is 4.32. The van der Waals surface area contributed by atoms with Crippen LogP contribution in [0.4, 0.5) is 0 Å². The van der Waals surface area contributed by atoms with Gasteiger partial charge in [-0.15, -0.1) is 11.3 Å². The minimum atomic E-state index is -0.533. The number of carbonyl (C=O) groups excluding carboxylic acids is 1. The highest BCUT2D eigenvalue weighted by Crippen LogP contribution is 2.39. The molecule has 1 amide bonds. The monoisotopic (exact) mass is 400 g/mol. The van der Waals surface area contributed by atoms with Crippen LogP contribution in [0.25, 0.3) is 10.6 Å². The van der Waals surface area contributed by atoms with Crippen LogP contribution in [0.5, 0.6) is 5.75 Å². The molecule has 1 aliphatic heterocycles. The van der Waals surface area contributed by atoms with E-state index in [1.807, 2.05) is 37.4 Å². The van der Waals surface area contributed by atoms with Crippen molar-refractivity contribution in [3.8, 4) is 16.3 Å². The van der Waals surface area contributed by atoms with Gasteiger partial charge in [0.05, 0.1) is 11.1 Å². The molecule has 3 aromatic rings. The molecule has 138 valence electrons. The Labute approximate surface area is 165 Å². The molecule has 6 nitrogen and oxygen atoms in total. The fourth-order valence-electron chi connectivity index (χ4n) is 3.00. The molecule has 2 aromatic heterocycles. The number of rotatable bonds is 5. The predicted molar refractivity (Wildman–Crippen MR) is 107 cm³/mol. The van der Waals surface area contributed by atoms with Crippen LogP contribution in [0.2, 0.25) is 5.02 Å². The van der Waals surface area contributed by atoms with E-state index in [0.717, 1.165) is 34.8 Å². The number of nitrogens with zero attached hydrogens (tertiary/aromatic N) is 3. The molecule has 0 spiro atoms. The van der Waals surface area contributed by atoms with Crippen molar-refractivity contribution in [2.24, 2.45) is 10.8 Å². The predicted octanol–water partition coefficient (Wildman–Crippen LogP) is 4.28. The summed E-state index contributed by atoms with van der Waals surface area (Å²) in [6, 6.07) is 9.27. The number of benzene rings is 1. The Bertz CT molecular complexity index is 1040. The second kappa shape index (κ2) is 7.17. The molecule has 1 aromatic carbocycles. The first-order valence-electron chi connectivity index (χ1n) is 8.49. The van der Waals surface area contributed by atoms with Crippen molar-refractivity contribution >= 4 is 35.1 Å². The summed E-state index contributed by atoms with van der Waals surface area (Å²) >= 11 is 7.53. The Morgan fingerprint density at radius 1 is 1.41 bits per heavy atom. The van der Waals surface area contributed by atoms with Crippen LogP contribution in [0.15, 0.2) is 41.6 Å². The van der Waals surface area contributed by atoms with Crippen LogP contribution in [0, 0.1) is 0 Å². The van der Waals surface area contributed by atoms with Crippen molar-refractivity contribution in [2.75, 3.05) is 0 Å². The van der Waals surface area contributed by atoms with Gasteiger partial charge in [-0.25, -0.2) is 9.66 Å². The van der Waals surface area contributed by atoms with E-state index < -0.39 is 5.91 Å². The Morgan fingerprint density at radius 2 is 2.22 bits per heavy atom. The van der Waals surface area contributed by atoms with Crippen molar-refractivity contribution in [1.82, 2.24) is 9.66 Å². The quantitative estimate of drug-likeness (QED) is 0.693. The van der Waals surface area contributed by atoms with Gasteiger partial charge in [0.1, 0.15) is 28.2 Å². The first kappa shape index (κ1) is 17.8. The van der Waals surface area contributed by atoms with Gasteiger partial charge in [-0.1, -0.05) is 29.8 Å². The van der Waals surface area contributed by atoms with Crippen LogP contribution >= 0.6 is 22.9 Å². The van der Waals surface area contributed by atoms with E-state index in [2.05, 4.69) is 10.1 Å². The van der Waals surface area contributed by atoms with Gasteiger partial charge in [0.25, 0.3) is 5.91 Å². The van der Waals surface area contributed by atoms with Crippen molar-refractivity contribution in [3.63, 3.8) is 0 Å². The number of hydrogen-bond acceptors (Lipinski definition) is 5. The maximum Gasteiger partial charge on any atom is 0.262 e. The van der Waals surface area contributed by atoms with Gasteiger partial charge in [-0.05, 0) is 19.4 Å². The summed E-state index contributed by atoms with van der Waals surface area (Å²) < 4.78 is 7.85. The third kappa shape index (κ3) is 3.36. The second-order valence-electron chi connectivity index (χ2n) is 6.16. The van der Waals surface area contributed by atoms with Gasteiger partial charge in [0.15, 0.2) is 0 Å². The summed E-state index contributed by atoms with van der Waals surface area (Å²) in [5.74, 6) is 0.799. The zero-order valence-corrected chi connectivity index (χ0v) is 16.1. The number of nitrogens with two attached hydrogens (primary N) is 1. The number of halogens is 1. The molecule has 1 atom stereocenters. The summed E-state index contributed by atoms with van der Waals surface area (Å²) in [5, 5.41) is 5.01. The summed E-state index contributed by atoms with van der Waals surface area (Å²) in [4.78, 5) is 17.6. The number of aromatic nitrogens is 2. The Kier molecular flexibility index (Phi) is 4.72. The highest BCUT2D eigenvalue weighted by molar-refractivity contribution is 7.17. The van der Waals surface area contributed by atoms with Gasteiger partial charge >= 0.3 is 0 Å². The summed E-state index contributed by atoms with van der Waals surface area (Å²) in [6.45, 7) is 1.88. The lowest BCUT2D eigenvalue weighted by molar-refractivity contribution is 0.0998. The molecule has 4 rings (SSSR count). The topological polar surface area (TPSA) is 82.5 Å². The van der Waals surface area contributed by atoms with Crippen LogP contribution in [0.1, 0.15) is 40.5 Å². The van der Waals surface area contributed by atoms with Gasteiger partial charge < -0.3 is 10.5 Å². The summed E-state index contributed by atoms with van der Waals surface area (Å²) in [6.07, 6.45) is 4.99. The number of imidazole rings is 1. The maximum atomic E-state index is 12.0. The number of hydrogen-bond donors (Lipinski definition) is 1. The highest BCUT2D eigenvalue weighted by Gasteiger charge is 2.22. The largest absolute Gasteiger partial charge is 0.484 e. The molecule has 0 radical (unpaired) electrons. The molecular weight excluding hydrogens is 384 g/mol. The van der Waals surface area contributed by atoms with E-state index in [9.17, 15) is 4.79 Å². The molecular formula is C19H17ClN4O2S.